The average molecular weight is 367 g/mol. The summed E-state index contributed by atoms with van der Waals surface area (Å²) in [6.07, 6.45) is 0. The molecule has 0 aromatic rings. The van der Waals surface area contributed by atoms with Gasteiger partial charge in [-0.2, -0.15) is 0 Å². The molecule has 13 heavy (non-hydrogen) atoms. The van der Waals surface area contributed by atoms with Gasteiger partial charge in [0.25, 0.3) is 0 Å². The maximum atomic E-state index is 6.54. The number of rotatable bonds is 4. The fourth-order valence-corrected chi connectivity index (χ4v) is 60.2. The van der Waals surface area contributed by atoms with Gasteiger partial charge in [0.1, 0.15) is 0 Å². The van der Waals surface area contributed by atoms with Gasteiger partial charge in [-0.1, -0.05) is 0 Å². The van der Waals surface area contributed by atoms with Crippen molar-refractivity contribution >= 4 is 50.3 Å². The van der Waals surface area contributed by atoms with Crippen molar-refractivity contribution in [1.29, 1.82) is 0 Å². The standard InChI is InChI=1S/2C4H11Si.2ClH.Sb/c2*1-5(2,3)4;;;/h2*1H2,2-4H3;2*1H;/q;;;;+1/p-2. The van der Waals surface area contributed by atoms with Crippen LogP contribution in [-0.4, -0.2) is 32.7 Å². The SMILES string of the molecule is C[Si](C)(C)[CH2][Sb-]([Cl])([Cl])[CH2][Si](C)(C)C. The molecule has 0 atom stereocenters. The van der Waals surface area contributed by atoms with E-state index in [4.69, 9.17) is 17.7 Å². The Bertz CT molecular complexity index is 152. The summed E-state index contributed by atoms with van der Waals surface area (Å²) in [6, 6.07) is 0. The van der Waals surface area contributed by atoms with Crippen LogP contribution in [0.2, 0.25) is 47.3 Å². The zero-order valence-corrected chi connectivity index (χ0v) is 15.7. The van der Waals surface area contributed by atoms with E-state index in [0.29, 0.717) is 0 Å². The quantitative estimate of drug-likeness (QED) is 0.634. The van der Waals surface area contributed by atoms with E-state index < -0.39 is 32.7 Å². The number of hydrogen-bond donors (Lipinski definition) is 0. The van der Waals surface area contributed by atoms with E-state index in [1.165, 1.54) is 7.98 Å². The van der Waals surface area contributed by atoms with Gasteiger partial charge in [0.2, 0.25) is 0 Å². The Hall–Kier alpha value is 1.83. The van der Waals surface area contributed by atoms with Gasteiger partial charge in [0.15, 0.2) is 0 Å². The number of halogens is 2. The van der Waals surface area contributed by atoms with E-state index >= 15 is 0 Å². The van der Waals surface area contributed by atoms with Crippen LogP contribution in [0.25, 0.3) is 0 Å². The molecule has 0 amide bonds. The molecule has 5 heteroatoms. The van der Waals surface area contributed by atoms with Gasteiger partial charge < -0.3 is 0 Å². The van der Waals surface area contributed by atoms with Crippen LogP contribution in [0.4, 0.5) is 0 Å². The van der Waals surface area contributed by atoms with Crippen LogP contribution in [-0.2, 0) is 0 Å². The molecule has 0 aliphatic rings. The second-order valence-electron chi connectivity index (χ2n) is 6.20. The first-order valence-electron chi connectivity index (χ1n) is 4.68. The maximum absolute atomic E-state index is 6.54. The van der Waals surface area contributed by atoms with Gasteiger partial charge in [0.05, 0.1) is 0 Å². The first-order chi connectivity index (χ1) is 5.41. The third-order valence-electron chi connectivity index (χ3n) is 1.41. The summed E-state index contributed by atoms with van der Waals surface area (Å²) in [5.41, 5.74) is 0. The van der Waals surface area contributed by atoms with E-state index in [-0.39, 0.29) is 0 Å². The molecular formula is C8H22Cl2SbSi2-. The molecule has 0 bridgehead atoms. The molecule has 0 heterocycles. The molecule has 0 nitrogen and oxygen atoms in total. The average Bonchev–Trinajstić information content (AvgIpc) is 1.43. The number of hydrogen-bond acceptors (Lipinski definition) is 0. The second-order valence-corrected chi connectivity index (χ2v) is 36.7. The Labute approximate surface area is 96.8 Å². The summed E-state index contributed by atoms with van der Waals surface area (Å²) in [4.78, 5) is 0. The van der Waals surface area contributed by atoms with E-state index in [1.54, 1.807) is 0 Å². The molecule has 0 rings (SSSR count). The van der Waals surface area contributed by atoms with Crippen molar-refractivity contribution in [2.45, 2.75) is 47.3 Å². The minimum absolute atomic E-state index is 1.05. The Morgan fingerprint density at radius 2 is 1.00 bits per heavy atom. The Morgan fingerprint density at radius 1 is 0.769 bits per heavy atom. The van der Waals surface area contributed by atoms with Crippen molar-refractivity contribution in [3.05, 3.63) is 0 Å². The molecule has 0 spiro atoms. The first kappa shape index (κ1) is 14.8. The van der Waals surface area contributed by atoms with Crippen LogP contribution < -0.4 is 0 Å². The third kappa shape index (κ3) is 10.1. The summed E-state index contributed by atoms with van der Waals surface area (Å²) >= 11 is -2.54. The Kier molecular flexibility index (Phi) is 5.45. The summed E-state index contributed by atoms with van der Waals surface area (Å²) in [5, 5.41) is 0. The summed E-state index contributed by atoms with van der Waals surface area (Å²) in [5.74, 6) is 0. The van der Waals surface area contributed by atoms with Crippen LogP contribution in [0, 0.1) is 0 Å². The Morgan fingerprint density at radius 3 is 1.15 bits per heavy atom. The van der Waals surface area contributed by atoms with Crippen LogP contribution in [0.15, 0.2) is 0 Å². The second kappa shape index (κ2) is 4.78. The molecule has 0 N–H and O–H groups in total. The molecule has 0 saturated carbocycles. The van der Waals surface area contributed by atoms with Crippen LogP contribution >= 0.6 is 17.7 Å². The molecule has 0 aromatic carbocycles. The summed E-state index contributed by atoms with van der Waals surface area (Å²) in [7, 11) is 11.0. The molecule has 0 aliphatic heterocycles. The van der Waals surface area contributed by atoms with Crippen LogP contribution in [0.5, 0.6) is 0 Å². The zero-order chi connectivity index (χ0) is 10.9. The summed E-state index contributed by atoms with van der Waals surface area (Å²) in [6.45, 7) is 14.2. The van der Waals surface area contributed by atoms with E-state index in [9.17, 15) is 0 Å². The van der Waals surface area contributed by atoms with Gasteiger partial charge in [-0.3, -0.25) is 0 Å². The van der Waals surface area contributed by atoms with E-state index in [1.807, 2.05) is 0 Å². The molecule has 0 aliphatic carbocycles. The van der Waals surface area contributed by atoms with Gasteiger partial charge in [-0.25, -0.2) is 0 Å². The van der Waals surface area contributed by atoms with Crippen molar-refractivity contribution in [3.8, 4) is 0 Å². The summed E-state index contributed by atoms with van der Waals surface area (Å²) < 4.78 is 2.41. The molecule has 82 valence electrons. The minimum atomic E-state index is -2.54. The van der Waals surface area contributed by atoms with Gasteiger partial charge in [0, 0.05) is 0 Å². The molecule has 0 saturated heterocycles. The van der Waals surface area contributed by atoms with Gasteiger partial charge in [-0.05, 0) is 0 Å². The van der Waals surface area contributed by atoms with Crippen molar-refractivity contribution in [2.24, 2.45) is 0 Å². The van der Waals surface area contributed by atoms with E-state index in [0.717, 1.165) is 0 Å². The van der Waals surface area contributed by atoms with Crippen LogP contribution in [0.3, 0.4) is 0 Å². The molecule has 0 fully saturated rings. The Balaban J connectivity index is 4.25. The first-order valence-corrected chi connectivity index (χ1v) is 22.2. The van der Waals surface area contributed by atoms with Crippen LogP contribution in [0.1, 0.15) is 0 Å². The molecule has 0 unspecified atom stereocenters. The molecular weight excluding hydrogens is 345 g/mol. The van der Waals surface area contributed by atoms with Crippen molar-refractivity contribution in [2.75, 3.05) is 0 Å². The van der Waals surface area contributed by atoms with Gasteiger partial charge in [-0.15, -0.1) is 0 Å². The monoisotopic (exact) mass is 365 g/mol. The topological polar surface area (TPSA) is 0 Å². The molecule has 0 radical (unpaired) electrons. The van der Waals surface area contributed by atoms with Crippen molar-refractivity contribution in [1.82, 2.24) is 0 Å². The zero-order valence-electron chi connectivity index (χ0n) is 9.62. The van der Waals surface area contributed by atoms with Gasteiger partial charge >= 0.3 is 97.6 Å². The fraction of sp³-hybridized carbons (Fsp3) is 1.00. The third-order valence-corrected chi connectivity index (χ3v) is 38.0. The van der Waals surface area contributed by atoms with E-state index in [2.05, 4.69) is 39.3 Å². The predicted molar refractivity (Wildman–Crippen MR) is 73.8 cm³/mol. The van der Waals surface area contributed by atoms with Crippen molar-refractivity contribution in [3.63, 3.8) is 0 Å². The fourth-order valence-electron chi connectivity index (χ4n) is 1.44. The molecule has 0 aromatic heterocycles. The predicted octanol–water partition coefficient (Wildman–Crippen LogP) is 4.66. The van der Waals surface area contributed by atoms with Crippen molar-refractivity contribution < 1.29 is 0 Å². The normalized spacial score (nSPS) is 16.0.